The fourth-order valence-corrected chi connectivity index (χ4v) is 13.7. The van der Waals surface area contributed by atoms with Crippen molar-refractivity contribution < 1.29 is 127 Å². The molecule has 2 aromatic rings. The van der Waals surface area contributed by atoms with Crippen molar-refractivity contribution in [3.63, 3.8) is 0 Å². The maximum absolute atomic E-state index is 14.7. The van der Waals surface area contributed by atoms with Crippen LogP contribution in [0, 0.1) is 27.9 Å². The van der Waals surface area contributed by atoms with Gasteiger partial charge in [0.25, 0.3) is 0 Å². The zero-order chi connectivity index (χ0) is 82.7. The van der Waals surface area contributed by atoms with Gasteiger partial charge in [-0.3, -0.25) is 67.6 Å². The first-order chi connectivity index (χ1) is 51.8. The third-order valence-electron chi connectivity index (χ3n) is 17.0. The highest BCUT2D eigenvalue weighted by Gasteiger charge is 2.52. The molecular formula is C66H103N15O27S2. The van der Waals surface area contributed by atoms with Crippen molar-refractivity contribution in [1.82, 2.24) is 63.5 Å². The van der Waals surface area contributed by atoms with Crippen LogP contribution in [0.4, 0.5) is 5.69 Å². The average molecular weight is 1600 g/mol. The van der Waals surface area contributed by atoms with Gasteiger partial charge in [-0.1, -0.05) is 52.3 Å². The number of nitrogens with zero attached hydrogens (tertiary/aromatic N) is 2. The first kappa shape index (κ1) is 93.4. The number of methoxy groups -OCH3 is 3. The van der Waals surface area contributed by atoms with E-state index < -0.39 is 224 Å². The Bertz CT molecular complexity index is 3530. The Labute approximate surface area is 640 Å². The van der Waals surface area contributed by atoms with Crippen LogP contribution in [-0.2, 0) is 78.3 Å². The van der Waals surface area contributed by atoms with E-state index in [1.165, 1.54) is 60.4 Å². The number of nitrogens with one attached hydrogen (secondary N) is 11. The molecule has 0 aliphatic carbocycles. The summed E-state index contributed by atoms with van der Waals surface area (Å²) in [6.45, 7) is 8.79. The molecule has 110 heavy (non-hydrogen) atoms. The van der Waals surface area contributed by atoms with Crippen LogP contribution in [-0.4, -0.2) is 274 Å². The van der Waals surface area contributed by atoms with E-state index >= 15 is 0 Å². The van der Waals surface area contributed by atoms with Gasteiger partial charge >= 0.3 is 5.69 Å². The second-order valence-corrected chi connectivity index (χ2v) is 29.1. The third-order valence-corrected chi connectivity index (χ3v) is 19.4. The molecule has 2 saturated heterocycles. The number of primary amides is 2. The molecule has 2 fully saturated rings. The number of aliphatic hydroxyl groups excluding tert-OH is 7. The van der Waals surface area contributed by atoms with Gasteiger partial charge in [-0.05, 0) is 66.9 Å². The van der Waals surface area contributed by atoms with Gasteiger partial charge in [0.1, 0.15) is 91.0 Å². The highest BCUT2D eigenvalue weighted by molar-refractivity contribution is 8.76. The lowest BCUT2D eigenvalue weighted by Gasteiger charge is -2.48. The van der Waals surface area contributed by atoms with Crippen molar-refractivity contribution in [1.29, 1.82) is 0 Å². The van der Waals surface area contributed by atoms with Gasteiger partial charge in [0.15, 0.2) is 29.0 Å². The second kappa shape index (κ2) is 44.8. The molecule has 0 bridgehead atoms. The summed E-state index contributed by atoms with van der Waals surface area (Å²) in [6.07, 6.45) is -14.8. The van der Waals surface area contributed by atoms with E-state index in [2.05, 4.69) is 58.2 Å². The maximum Gasteiger partial charge on any atom is 0.302 e. The Balaban J connectivity index is 1.62. The highest BCUT2D eigenvalue weighted by atomic mass is 33.1. The number of rotatable bonds is 44. The summed E-state index contributed by atoms with van der Waals surface area (Å²) in [5, 5.41) is 113. The molecule has 3 heterocycles. The summed E-state index contributed by atoms with van der Waals surface area (Å²) in [6, 6.07) is -12.1. The minimum absolute atomic E-state index is 0.0448. The number of aliphatic hydroxyl groups is 7. The largest absolute Gasteiger partial charge is 0.493 e. The Morgan fingerprint density at radius 3 is 1.68 bits per heavy atom. The average Bonchev–Trinajstić information content (AvgIpc) is 0.781. The summed E-state index contributed by atoms with van der Waals surface area (Å²) in [7, 11) is 6.08. The van der Waals surface area contributed by atoms with Crippen LogP contribution < -0.4 is 84.2 Å². The molecule has 4 rings (SSSR count). The summed E-state index contributed by atoms with van der Waals surface area (Å²) in [5.74, 6) is -13.4. The lowest BCUT2D eigenvalue weighted by atomic mass is 9.94. The molecule has 2 aliphatic rings. The van der Waals surface area contributed by atoms with E-state index in [4.69, 9.17) is 39.9 Å². The van der Waals surface area contributed by atoms with E-state index in [9.17, 15) is 103 Å². The summed E-state index contributed by atoms with van der Waals surface area (Å²) in [4.78, 5) is 179. The Kier molecular flexibility index (Phi) is 38.1. The quantitative estimate of drug-likeness (QED) is 0.0167. The highest BCUT2D eigenvalue weighted by Crippen LogP contribution is 2.50. The first-order valence-corrected chi connectivity index (χ1v) is 36.9. The molecule has 12 amide bonds. The van der Waals surface area contributed by atoms with Gasteiger partial charge in [0, 0.05) is 49.5 Å². The van der Waals surface area contributed by atoms with Gasteiger partial charge in [0.05, 0.1) is 65.1 Å². The number of nitrogens with two attached hydrogens (primary N) is 2. The Morgan fingerprint density at radius 2 is 1.15 bits per heavy atom. The molecule has 1 aromatic carbocycles. The molecule has 0 saturated carbocycles. The van der Waals surface area contributed by atoms with Crippen molar-refractivity contribution in [2.45, 2.75) is 220 Å². The van der Waals surface area contributed by atoms with Gasteiger partial charge in [-0.15, -0.1) is 0 Å². The monoisotopic (exact) mass is 1600 g/mol. The number of carbonyl (C=O) groups is 12. The summed E-state index contributed by atoms with van der Waals surface area (Å²) in [5.41, 5.74) is 10.9. The predicted octanol–water partition coefficient (Wildman–Crippen LogP) is -6.41. The molecule has 42 nitrogen and oxygen atoms in total. The summed E-state index contributed by atoms with van der Waals surface area (Å²) < 4.78 is 34.5. The SMILES string of the molecule is COc1cc(SSc2ncccc2[N+](=O)[O-])c(CN[C@@H](CCC(N)=O)C(=O)N[C@@H](C)C(=O)N[C@@H](CC(C)C)C(=O)N[C@@H](CC(C)C)C(=O)N[C@H](C(=O)N[C@@H](CC(=O)N[C@@H]2OC(CO)[C@@H](O[C@@H]3OC(CO)[C@@H](O)[C@H](O)C3NC(C)=O)[C@H](O)C2NC(C)=O)C(=O)N[C@@H](CO)C(=O)N[C@@H](CO)C(N)=O)C(C)C)c(OC)c1OC. The van der Waals surface area contributed by atoms with Crippen LogP contribution in [0.25, 0.3) is 0 Å². The van der Waals surface area contributed by atoms with E-state index in [0.29, 0.717) is 10.5 Å². The van der Waals surface area contributed by atoms with Crippen molar-refractivity contribution in [3.05, 3.63) is 40.1 Å². The van der Waals surface area contributed by atoms with Gasteiger partial charge in [-0.2, -0.15) is 0 Å². The van der Waals surface area contributed by atoms with Crippen LogP contribution in [0.2, 0.25) is 0 Å². The normalized spacial score (nSPS) is 21.8. The molecule has 616 valence electrons. The van der Waals surface area contributed by atoms with Crippen LogP contribution in [0.15, 0.2) is 34.3 Å². The molecule has 1 aromatic heterocycles. The van der Waals surface area contributed by atoms with Crippen molar-refractivity contribution in [3.8, 4) is 17.2 Å². The summed E-state index contributed by atoms with van der Waals surface area (Å²) >= 11 is 0. The molecule has 22 N–H and O–H groups in total. The van der Waals surface area contributed by atoms with Crippen molar-refractivity contribution in [2.24, 2.45) is 29.2 Å². The standard InChI is InChI=1S/C66H103N15O27S2/c1-27(2)18-35(74-57(94)30(7)71-58(95)34(15-16-45(67)88)70-22-33-44(21-41(103-10)55(105-12)53(33)104-11)109-110-65-40(81(101)102)14-13-17-69-65)59(96)75-36(19-28(3)4)61(98)80-47(29(5)6)63(100)76-37(60(97)78-39(24-83)62(99)77-38(23-82)56(68)93)20-46(89)79-64-48(72-31(8)86)52(92)54(43(26-85)106-64)108-66-49(73-32(9)87)51(91)50(90)42(25-84)107-66/h13-14,17,21,27-30,34-39,42-43,47-52,54,64,66,70,82-85,90-92H,15-16,18-20,22-26H2,1-12H3,(H2,67,88)(H2,68,93)(H,71,95)(H,72,86)(H,73,87)(H,74,94)(H,75,96)(H,76,100)(H,77,99)(H,78,97)(H,79,89)(H,80,98)/t30-,34-,35-,36-,37-,38-,39-,42?,43?,47-,48?,49?,50+,51+,52+,54+,64+,66-/m0/s1. The van der Waals surface area contributed by atoms with Crippen molar-refractivity contribution >= 4 is 98.2 Å². The molecule has 0 radical (unpaired) electrons. The number of pyridine rings is 1. The topological polar surface area (TPSA) is 642 Å². The Hall–Kier alpha value is -8.93. The first-order valence-electron chi connectivity index (χ1n) is 34.8. The number of hydrogen-bond donors (Lipinski definition) is 20. The minimum Gasteiger partial charge on any atom is -0.493 e. The zero-order valence-corrected chi connectivity index (χ0v) is 64.3. The smallest absolute Gasteiger partial charge is 0.302 e. The van der Waals surface area contributed by atoms with Gasteiger partial charge < -0.3 is 134 Å². The van der Waals surface area contributed by atoms with Crippen molar-refractivity contribution in [2.75, 3.05) is 47.8 Å². The number of aromatic nitrogens is 1. The lowest BCUT2D eigenvalue weighted by Crippen LogP contribution is -2.71. The van der Waals surface area contributed by atoms with Crippen LogP contribution in [0.3, 0.4) is 0 Å². The molecule has 2 aliphatic heterocycles. The number of ether oxygens (including phenoxy) is 6. The van der Waals surface area contributed by atoms with Gasteiger partial charge in [0.2, 0.25) is 76.6 Å². The number of amides is 12. The van der Waals surface area contributed by atoms with E-state index in [-0.39, 0.29) is 72.0 Å². The zero-order valence-electron chi connectivity index (χ0n) is 62.7. The second-order valence-electron chi connectivity index (χ2n) is 26.9. The van der Waals surface area contributed by atoms with Gasteiger partial charge in [-0.25, -0.2) is 4.98 Å². The number of benzene rings is 1. The fraction of sp³-hybridized carbons (Fsp3) is 0.652. The van der Waals surface area contributed by atoms with Crippen LogP contribution in [0.5, 0.6) is 17.2 Å². The van der Waals surface area contributed by atoms with Crippen LogP contribution >= 0.6 is 21.6 Å². The molecule has 4 unspecified atom stereocenters. The molecule has 44 heteroatoms. The lowest BCUT2D eigenvalue weighted by molar-refractivity contribution is -0.388. The molecular weight excluding hydrogens is 1500 g/mol. The number of nitro groups is 1. The molecule has 0 spiro atoms. The fourth-order valence-electron chi connectivity index (χ4n) is 11.4. The number of carbonyl (C=O) groups excluding carboxylic acids is 12. The molecule has 18 atom stereocenters. The number of hydrogen-bond acceptors (Lipinski definition) is 31. The third kappa shape index (κ3) is 27.2. The predicted molar refractivity (Wildman–Crippen MR) is 386 cm³/mol. The Morgan fingerprint density at radius 1 is 0.618 bits per heavy atom. The maximum atomic E-state index is 14.7. The minimum atomic E-state index is -2.14. The van der Waals surface area contributed by atoms with E-state index in [1.54, 1.807) is 33.8 Å². The van der Waals surface area contributed by atoms with Crippen LogP contribution in [0.1, 0.15) is 100.0 Å². The van der Waals surface area contributed by atoms with E-state index in [1.807, 2.05) is 5.32 Å². The van der Waals surface area contributed by atoms with E-state index in [0.717, 1.165) is 35.4 Å².